The third kappa shape index (κ3) is 9.57. The average Bonchev–Trinajstić information content (AvgIpc) is 2.65. The van der Waals surface area contributed by atoms with Gasteiger partial charge < -0.3 is 15.3 Å². The van der Waals surface area contributed by atoms with Gasteiger partial charge in [-0.05, 0) is 57.4 Å². The molecule has 3 nitrogen and oxygen atoms in total. The van der Waals surface area contributed by atoms with Crippen molar-refractivity contribution in [2.75, 3.05) is 26.2 Å². The number of nitrogens with zero attached hydrogens (tertiary/aromatic N) is 1. The number of aliphatic hydroxyl groups is 1. The topological polar surface area (TPSA) is 35.5 Å². The quantitative estimate of drug-likeness (QED) is 0.510. The van der Waals surface area contributed by atoms with E-state index in [1.807, 2.05) is 30.3 Å². The normalized spacial score (nSPS) is 17.0. The molecule has 2 N–H and O–H groups in total. The van der Waals surface area contributed by atoms with Crippen LogP contribution >= 0.6 is 24.8 Å². The van der Waals surface area contributed by atoms with E-state index in [2.05, 4.69) is 17.1 Å². The van der Waals surface area contributed by atoms with E-state index in [1.165, 1.54) is 64.6 Å². The smallest absolute Gasteiger partial charge is 0.0942 e. The molecule has 0 unspecified atom stereocenters. The lowest BCUT2D eigenvalue weighted by Crippen LogP contribution is -2.38. The Morgan fingerprint density at radius 3 is 2.35 bits per heavy atom. The lowest BCUT2D eigenvalue weighted by Gasteiger charge is -2.28. The Balaban J connectivity index is 0.00000312. The van der Waals surface area contributed by atoms with Gasteiger partial charge in [-0.3, -0.25) is 0 Å². The molecule has 1 heterocycles. The van der Waals surface area contributed by atoms with Crippen LogP contribution in [0.3, 0.4) is 0 Å². The van der Waals surface area contributed by atoms with Crippen LogP contribution in [0.25, 0.3) is 0 Å². The minimum atomic E-state index is -0.405. The number of nitrogens with one attached hydrogen (secondary N) is 1. The zero-order chi connectivity index (χ0) is 17.0. The Labute approximate surface area is 172 Å². The highest BCUT2D eigenvalue weighted by Gasteiger charge is 2.20. The number of aliphatic hydroxyl groups excluding tert-OH is 1. The summed E-state index contributed by atoms with van der Waals surface area (Å²) in [6.45, 7) is 6.96. The van der Waals surface area contributed by atoms with Crippen molar-refractivity contribution in [1.29, 1.82) is 0 Å². The van der Waals surface area contributed by atoms with E-state index >= 15 is 0 Å². The van der Waals surface area contributed by atoms with E-state index in [1.54, 1.807) is 0 Å². The molecule has 2 atom stereocenters. The Kier molecular flexibility index (Phi) is 15.5. The molecule has 0 bridgehead atoms. The van der Waals surface area contributed by atoms with Crippen LogP contribution in [0, 0.1) is 0 Å². The van der Waals surface area contributed by atoms with Crippen molar-refractivity contribution in [3.8, 4) is 0 Å². The fraction of sp³-hybridized carbons (Fsp3) is 0.714. The van der Waals surface area contributed by atoms with E-state index in [0.29, 0.717) is 0 Å². The van der Waals surface area contributed by atoms with Crippen LogP contribution in [-0.4, -0.2) is 42.2 Å². The maximum atomic E-state index is 10.8. The van der Waals surface area contributed by atoms with Crippen LogP contribution in [0.15, 0.2) is 30.3 Å². The minimum absolute atomic E-state index is 0. The first-order valence-electron chi connectivity index (χ1n) is 10.00. The Morgan fingerprint density at radius 2 is 1.69 bits per heavy atom. The molecule has 152 valence electrons. The lowest BCUT2D eigenvalue weighted by atomic mass is 9.97. The molecule has 1 saturated heterocycles. The number of piperidine rings is 1. The fourth-order valence-electron chi connectivity index (χ4n) is 3.64. The van der Waals surface area contributed by atoms with Crippen LogP contribution < -0.4 is 5.32 Å². The summed E-state index contributed by atoms with van der Waals surface area (Å²) < 4.78 is 0. The largest absolute Gasteiger partial charge is 0.387 e. The zero-order valence-corrected chi connectivity index (χ0v) is 17.9. The number of rotatable bonds is 11. The van der Waals surface area contributed by atoms with Crippen molar-refractivity contribution < 1.29 is 5.11 Å². The monoisotopic (exact) mass is 404 g/mol. The van der Waals surface area contributed by atoms with Crippen molar-refractivity contribution in [3.63, 3.8) is 0 Å². The van der Waals surface area contributed by atoms with Gasteiger partial charge in [-0.25, -0.2) is 0 Å². The maximum Gasteiger partial charge on any atom is 0.0942 e. The highest BCUT2D eigenvalue weighted by Crippen LogP contribution is 2.20. The Morgan fingerprint density at radius 1 is 1.00 bits per heavy atom. The van der Waals surface area contributed by atoms with Crippen molar-refractivity contribution in [2.45, 2.75) is 70.4 Å². The maximum absolute atomic E-state index is 10.8. The molecule has 0 aromatic heterocycles. The number of halogens is 2. The van der Waals surface area contributed by atoms with E-state index in [9.17, 15) is 5.11 Å². The molecule has 1 aromatic rings. The predicted octanol–water partition coefficient (Wildman–Crippen LogP) is 4.98. The number of hydrogen-bond acceptors (Lipinski definition) is 3. The van der Waals surface area contributed by atoms with Gasteiger partial charge in [0, 0.05) is 6.04 Å². The summed E-state index contributed by atoms with van der Waals surface area (Å²) in [6.07, 6.45) is 9.59. The Bertz CT molecular complexity index is 427. The molecule has 0 radical (unpaired) electrons. The zero-order valence-electron chi connectivity index (χ0n) is 16.2. The summed E-state index contributed by atoms with van der Waals surface area (Å²) in [4.78, 5) is 2.59. The molecular weight excluding hydrogens is 367 g/mol. The van der Waals surface area contributed by atoms with Crippen LogP contribution in [-0.2, 0) is 0 Å². The Hall–Kier alpha value is -0.320. The molecule has 5 heteroatoms. The van der Waals surface area contributed by atoms with Gasteiger partial charge in [0.15, 0.2) is 0 Å². The van der Waals surface area contributed by atoms with Gasteiger partial charge in [0.25, 0.3) is 0 Å². The highest BCUT2D eigenvalue weighted by atomic mass is 35.5. The molecule has 1 aliphatic heterocycles. The van der Waals surface area contributed by atoms with E-state index < -0.39 is 6.10 Å². The second-order valence-corrected chi connectivity index (χ2v) is 7.17. The van der Waals surface area contributed by atoms with Crippen molar-refractivity contribution in [1.82, 2.24) is 10.2 Å². The van der Waals surface area contributed by atoms with Gasteiger partial charge in [0.1, 0.15) is 0 Å². The van der Waals surface area contributed by atoms with Crippen LogP contribution in [0.1, 0.15) is 70.0 Å². The molecule has 0 spiro atoms. The van der Waals surface area contributed by atoms with Crippen molar-refractivity contribution in [2.24, 2.45) is 0 Å². The van der Waals surface area contributed by atoms with Crippen LogP contribution in [0.4, 0.5) is 0 Å². The number of benzene rings is 1. The summed E-state index contributed by atoms with van der Waals surface area (Å²) in [6, 6.07) is 10.3. The summed E-state index contributed by atoms with van der Waals surface area (Å²) in [7, 11) is 0. The van der Waals surface area contributed by atoms with Gasteiger partial charge in [-0.1, -0.05) is 62.9 Å². The third-order valence-corrected chi connectivity index (χ3v) is 5.15. The standard InChI is InChI=1S/C21H36N2O.2ClH/c1-2-3-6-14-20(21(24)19-12-7-4-8-13-19)22-15-11-18-23-16-9-5-10-17-23;;/h4,7-8,12-13,20-22,24H,2-3,5-6,9-11,14-18H2,1H3;2*1H/t20-,21+;;/m0../s1. The predicted molar refractivity (Wildman–Crippen MR) is 117 cm³/mol. The molecule has 0 amide bonds. The number of unbranched alkanes of at least 4 members (excludes halogenated alkanes) is 2. The number of likely N-dealkylation sites (tertiary alicyclic amines) is 1. The lowest BCUT2D eigenvalue weighted by molar-refractivity contribution is 0.121. The van der Waals surface area contributed by atoms with Crippen LogP contribution in [0.5, 0.6) is 0 Å². The first-order valence-corrected chi connectivity index (χ1v) is 10.00. The molecule has 1 aliphatic rings. The van der Waals surface area contributed by atoms with Gasteiger partial charge >= 0.3 is 0 Å². The molecular formula is C21H38Cl2N2O. The van der Waals surface area contributed by atoms with Gasteiger partial charge in [-0.15, -0.1) is 24.8 Å². The summed E-state index contributed by atoms with van der Waals surface area (Å²) in [5.74, 6) is 0. The second kappa shape index (κ2) is 15.7. The van der Waals surface area contributed by atoms with E-state index in [4.69, 9.17) is 0 Å². The fourth-order valence-corrected chi connectivity index (χ4v) is 3.64. The summed E-state index contributed by atoms with van der Waals surface area (Å²) in [5, 5.41) is 14.4. The number of hydrogen-bond donors (Lipinski definition) is 2. The first-order chi connectivity index (χ1) is 11.8. The molecule has 26 heavy (non-hydrogen) atoms. The molecule has 2 rings (SSSR count). The van der Waals surface area contributed by atoms with Gasteiger partial charge in [0.05, 0.1) is 6.10 Å². The van der Waals surface area contributed by atoms with Gasteiger partial charge in [-0.2, -0.15) is 0 Å². The minimum Gasteiger partial charge on any atom is -0.387 e. The van der Waals surface area contributed by atoms with Gasteiger partial charge in [0.2, 0.25) is 0 Å². The van der Waals surface area contributed by atoms with Crippen molar-refractivity contribution in [3.05, 3.63) is 35.9 Å². The molecule has 1 fully saturated rings. The average molecular weight is 405 g/mol. The summed E-state index contributed by atoms with van der Waals surface area (Å²) in [5.41, 5.74) is 1.03. The molecule has 0 saturated carbocycles. The third-order valence-electron chi connectivity index (χ3n) is 5.15. The van der Waals surface area contributed by atoms with Crippen LogP contribution in [0.2, 0.25) is 0 Å². The summed E-state index contributed by atoms with van der Waals surface area (Å²) >= 11 is 0. The highest BCUT2D eigenvalue weighted by molar-refractivity contribution is 5.85. The molecule has 0 aliphatic carbocycles. The second-order valence-electron chi connectivity index (χ2n) is 7.17. The van der Waals surface area contributed by atoms with Crippen molar-refractivity contribution >= 4 is 24.8 Å². The first kappa shape index (κ1) is 25.7. The van der Waals surface area contributed by atoms with E-state index in [-0.39, 0.29) is 30.9 Å². The molecule has 1 aromatic carbocycles. The van der Waals surface area contributed by atoms with E-state index in [0.717, 1.165) is 18.5 Å². The SMILES string of the molecule is CCCCC[C@H](NCCCN1CCCCC1)[C@H](O)c1ccccc1.Cl.Cl.